The molecule has 0 spiro atoms. The Hall–Kier alpha value is -0.180. The van der Waals surface area contributed by atoms with Crippen molar-refractivity contribution in [2.45, 2.75) is 18.9 Å². The maximum absolute atomic E-state index is 6.27. The summed E-state index contributed by atoms with van der Waals surface area (Å²) in [6, 6.07) is 8.04. The Morgan fingerprint density at radius 3 is 2.87 bits per heavy atom. The molecule has 2 unspecified atom stereocenters. The molecule has 2 atom stereocenters. The number of nitrogens with two attached hydrogens (primary N) is 1. The van der Waals surface area contributed by atoms with Crippen LogP contribution >= 0.6 is 23.4 Å². The molecule has 1 fully saturated rings. The molecular formula is C12H16ClNS. The van der Waals surface area contributed by atoms with Crippen LogP contribution in [0.2, 0.25) is 5.02 Å². The molecule has 2 N–H and O–H groups in total. The SMILES string of the molecule is NC(c1ccccc1Cl)C1CCCSC1. The average molecular weight is 242 g/mol. The lowest BCUT2D eigenvalue weighted by Gasteiger charge is -2.27. The summed E-state index contributed by atoms with van der Waals surface area (Å²) >= 11 is 8.16. The van der Waals surface area contributed by atoms with Gasteiger partial charge in [-0.15, -0.1) is 0 Å². The van der Waals surface area contributed by atoms with E-state index in [0.717, 1.165) is 10.6 Å². The van der Waals surface area contributed by atoms with Crippen molar-refractivity contribution < 1.29 is 0 Å². The molecule has 1 aromatic carbocycles. The van der Waals surface area contributed by atoms with Gasteiger partial charge in [0.15, 0.2) is 0 Å². The first-order valence-electron chi connectivity index (χ1n) is 5.37. The van der Waals surface area contributed by atoms with Crippen molar-refractivity contribution in [2.24, 2.45) is 11.7 Å². The normalized spacial score (nSPS) is 23.7. The molecule has 1 aliphatic rings. The summed E-state index contributed by atoms with van der Waals surface area (Å²) in [4.78, 5) is 0. The van der Waals surface area contributed by atoms with Crippen LogP contribution in [0.1, 0.15) is 24.4 Å². The van der Waals surface area contributed by atoms with Crippen molar-refractivity contribution in [1.82, 2.24) is 0 Å². The third-order valence-corrected chi connectivity index (χ3v) is 4.55. The minimum atomic E-state index is 0.103. The van der Waals surface area contributed by atoms with Crippen LogP contribution in [0.4, 0.5) is 0 Å². The van der Waals surface area contributed by atoms with Crippen LogP contribution < -0.4 is 5.73 Å². The van der Waals surface area contributed by atoms with Crippen LogP contribution in [0.15, 0.2) is 24.3 Å². The van der Waals surface area contributed by atoms with Gasteiger partial charge in [-0.05, 0) is 41.9 Å². The number of hydrogen-bond acceptors (Lipinski definition) is 2. The van der Waals surface area contributed by atoms with Gasteiger partial charge in [0.25, 0.3) is 0 Å². The van der Waals surface area contributed by atoms with Crippen molar-refractivity contribution in [2.75, 3.05) is 11.5 Å². The summed E-state index contributed by atoms with van der Waals surface area (Å²) in [5, 5.41) is 0.806. The Kier molecular flexibility index (Phi) is 3.95. The van der Waals surface area contributed by atoms with Crippen molar-refractivity contribution in [3.63, 3.8) is 0 Å². The first kappa shape index (κ1) is 11.3. The summed E-state index contributed by atoms with van der Waals surface area (Å²) in [6.45, 7) is 0. The molecule has 1 saturated heterocycles. The van der Waals surface area contributed by atoms with Crippen LogP contribution in [0, 0.1) is 5.92 Å². The van der Waals surface area contributed by atoms with Crippen LogP contribution in [-0.2, 0) is 0 Å². The number of rotatable bonds is 2. The molecule has 0 aromatic heterocycles. The van der Waals surface area contributed by atoms with Gasteiger partial charge in [-0.2, -0.15) is 11.8 Å². The second-order valence-electron chi connectivity index (χ2n) is 4.02. The average Bonchev–Trinajstić information content (AvgIpc) is 2.30. The monoisotopic (exact) mass is 241 g/mol. The summed E-state index contributed by atoms with van der Waals surface area (Å²) in [7, 11) is 0. The van der Waals surface area contributed by atoms with Gasteiger partial charge in [0, 0.05) is 11.1 Å². The fourth-order valence-corrected chi connectivity index (χ4v) is 3.52. The quantitative estimate of drug-likeness (QED) is 0.858. The maximum Gasteiger partial charge on any atom is 0.0453 e. The van der Waals surface area contributed by atoms with Gasteiger partial charge in [0.1, 0.15) is 0 Å². The molecule has 1 nitrogen and oxygen atoms in total. The van der Waals surface area contributed by atoms with Gasteiger partial charge < -0.3 is 5.73 Å². The molecule has 0 saturated carbocycles. The Labute approximate surface area is 100 Å². The first-order valence-corrected chi connectivity index (χ1v) is 6.90. The molecule has 82 valence electrons. The van der Waals surface area contributed by atoms with Crippen molar-refractivity contribution >= 4 is 23.4 Å². The molecule has 1 heterocycles. The van der Waals surface area contributed by atoms with E-state index in [1.165, 1.54) is 24.3 Å². The second-order valence-corrected chi connectivity index (χ2v) is 5.58. The maximum atomic E-state index is 6.27. The molecule has 15 heavy (non-hydrogen) atoms. The second kappa shape index (κ2) is 5.24. The highest BCUT2D eigenvalue weighted by Gasteiger charge is 2.23. The van der Waals surface area contributed by atoms with E-state index in [4.69, 9.17) is 17.3 Å². The molecule has 2 rings (SSSR count). The molecule has 0 amide bonds. The Bertz CT molecular complexity index is 323. The standard InChI is InChI=1S/C12H16ClNS/c13-11-6-2-1-5-10(11)12(14)9-4-3-7-15-8-9/h1-2,5-6,9,12H,3-4,7-8,14H2. The predicted molar refractivity (Wildman–Crippen MR) is 68.4 cm³/mol. The number of benzene rings is 1. The van der Waals surface area contributed by atoms with E-state index in [0.29, 0.717) is 5.92 Å². The van der Waals surface area contributed by atoms with Crippen molar-refractivity contribution in [1.29, 1.82) is 0 Å². The lowest BCUT2D eigenvalue weighted by Crippen LogP contribution is -2.26. The number of halogens is 1. The summed E-state index contributed by atoms with van der Waals surface area (Å²) in [5.41, 5.74) is 7.38. The van der Waals surface area contributed by atoms with E-state index in [2.05, 4.69) is 0 Å². The minimum absolute atomic E-state index is 0.103. The van der Waals surface area contributed by atoms with Gasteiger partial charge in [0.05, 0.1) is 0 Å². The predicted octanol–water partition coefficient (Wildman–Crippen LogP) is 3.48. The van der Waals surface area contributed by atoms with Crippen molar-refractivity contribution in [3.8, 4) is 0 Å². The fraction of sp³-hybridized carbons (Fsp3) is 0.500. The summed E-state index contributed by atoms with van der Waals surface area (Å²) in [5.74, 6) is 3.04. The van der Waals surface area contributed by atoms with Crippen LogP contribution in [0.5, 0.6) is 0 Å². The van der Waals surface area contributed by atoms with Crippen LogP contribution in [0.25, 0.3) is 0 Å². The molecule has 0 bridgehead atoms. The van der Waals surface area contributed by atoms with Crippen LogP contribution in [0.3, 0.4) is 0 Å². The zero-order valence-corrected chi connectivity index (χ0v) is 10.2. The lowest BCUT2D eigenvalue weighted by atomic mass is 9.91. The highest BCUT2D eigenvalue weighted by atomic mass is 35.5. The van der Waals surface area contributed by atoms with Gasteiger partial charge >= 0.3 is 0 Å². The third kappa shape index (κ3) is 2.68. The minimum Gasteiger partial charge on any atom is -0.324 e. The van der Waals surface area contributed by atoms with E-state index in [1.54, 1.807) is 0 Å². The Morgan fingerprint density at radius 1 is 1.40 bits per heavy atom. The van der Waals surface area contributed by atoms with E-state index >= 15 is 0 Å². The van der Waals surface area contributed by atoms with Gasteiger partial charge in [-0.1, -0.05) is 29.8 Å². The summed E-state index contributed by atoms with van der Waals surface area (Å²) in [6.07, 6.45) is 2.52. The topological polar surface area (TPSA) is 26.0 Å². The van der Waals surface area contributed by atoms with Crippen LogP contribution in [-0.4, -0.2) is 11.5 Å². The molecule has 0 aliphatic carbocycles. The molecule has 1 aromatic rings. The largest absolute Gasteiger partial charge is 0.324 e. The fourth-order valence-electron chi connectivity index (χ4n) is 2.05. The zero-order chi connectivity index (χ0) is 10.7. The Balaban J connectivity index is 2.12. The van der Waals surface area contributed by atoms with Crippen molar-refractivity contribution in [3.05, 3.63) is 34.9 Å². The lowest BCUT2D eigenvalue weighted by molar-refractivity contribution is 0.434. The Morgan fingerprint density at radius 2 is 2.20 bits per heavy atom. The highest BCUT2D eigenvalue weighted by Crippen LogP contribution is 2.34. The van der Waals surface area contributed by atoms with Gasteiger partial charge in [-0.3, -0.25) is 0 Å². The number of hydrogen-bond donors (Lipinski definition) is 1. The first-order chi connectivity index (χ1) is 7.29. The molecular weight excluding hydrogens is 226 g/mol. The number of thioether (sulfide) groups is 1. The van der Waals surface area contributed by atoms with Gasteiger partial charge in [0.2, 0.25) is 0 Å². The van der Waals surface area contributed by atoms with E-state index in [9.17, 15) is 0 Å². The third-order valence-electron chi connectivity index (χ3n) is 2.97. The van der Waals surface area contributed by atoms with Gasteiger partial charge in [-0.25, -0.2) is 0 Å². The molecule has 3 heteroatoms. The smallest absolute Gasteiger partial charge is 0.0453 e. The van der Waals surface area contributed by atoms with E-state index in [1.807, 2.05) is 36.0 Å². The summed E-state index contributed by atoms with van der Waals surface area (Å²) < 4.78 is 0. The highest BCUT2D eigenvalue weighted by molar-refractivity contribution is 7.99. The zero-order valence-electron chi connectivity index (χ0n) is 8.66. The van der Waals surface area contributed by atoms with E-state index < -0.39 is 0 Å². The molecule has 1 aliphatic heterocycles. The van der Waals surface area contributed by atoms with E-state index in [-0.39, 0.29) is 6.04 Å². The molecule has 0 radical (unpaired) electrons.